The van der Waals surface area contributed by atoms with E-state index >= 15 is 0 Å². The van der Waals surface area contributed by atoms with Gasteiger partial charge >= 0.3 is 12.0 Å². The second-order valence-corrected chi connectivity index (χ2v) is 6.63. The first-order chi connectivity index (χ1) is 9.11. The second-order valence-electron chi connectivity index (χ2n) is 5.36. The Kier molecular flexibility index (Phi) is 5.42. The number of nitrogens with one attached hydrogen (secondary N) is 2. The summed E-state index contributed by atoms with van der Waals surface area (Å²) in [4.78, 5) is 23.0. The molecule has 0 aliphatic rings. The molecular formula is C13H16BrClN2O3. The fourth-order valence-electron chi connectivity index (χ4n) is 1.52. The largest absolute Gasteiger partial charge is 0.480 e. The Morgan fingerprint density at radius 2 is 1.95 bits per heavy atom. The van der Waals surface area contributed by atoms with Crippen LogP contribution in [0.4, 0.5) is 10.5 Å². The summed E-state index contributed by atoms with van der Waals surface area (Å²) in [6, 6.07) is 3.33. The van der Waals surface area contributed by atoms with Crippen molar-refractivity contribution in [1.82, 2.24) is 5.32 Å². The highest BCUT2D eigenvalue weighted by Gasteiger charge is 2.32. The SMILES string of the molecule is CC(C)(C)C(NC(=O)Nc1ccc(Br)c(Cl)c1)C(=O)O. The molecule has 0 aliphatic heterocycles. The molecule has 7 heteroatoms. The van der Waals surface area contributed by atoms with E-state index < -0.39 is 23.5 Å². The third-order valence-corrected chi connectivity index (χ3v) is 3.80. The number of carboxylic acid groups (broad SMARTS) is 1. The van der Waals surface area contributed by atoms with Gasteiger partial charge in [-0.2, -0.15) is 0 Å². The third-order valence-electron chi connectivity index (χ3n) is 2.57. The van der Waals surface area contributed by atoms with Crippen LogP contribution in [0.1, 0.15) is 20.8 Å². The van der Waals surface area contributed by atoms with Crippen molar-refractivity contribution in [2.75, 3.05) is 5.32 Å². The van der Waals surface area contributed by atoms with Crippen molar-refractivity contribution in [2.24, 2.45) is 5.41 Å². The Morgan fingerprint density at radius 1 is 1.35 bits per heavy atom. The molecule has 20 heavy (non-hydrogen) atoms. The summed E-state index contributed by atoms with van der Waals surface area (Å²) in [6.45, 7) is 5.22. The number of benzene rings is 1. The van der Waals surface area contributed by atoms with Crippen LogP contribution in [-0.4, -0.2) is 23.1 Å². The summed E-state index contributed by atoms with van der Waals surface area (Å²) in [5.74, 6) is -1.08. The van der Waals surface area contributed by atoms with E-state index in [0.29, 0.717) is 15.2 Å². The van der Waals surface area contributed by atoms with Gasteiger partial charge in [-0.3, -0.25) is 0 Å². The highest BCUT2D eigenvalue weighted by molar-refractivity contribution is 9.10. The molecule has 5 nitrogen and oxygen atoms in total. The molecule has 0 bridgehead atoms. The van der Waals surface area contributed by atoms with Gasteiger partial charge < -0.3 is 15.7 Å². The monoisotopic (exact) mass is 362 g/mol. The predicted molar refractivity (Wildman–Crippen MR) is 82.2 cm³/mol. The van der Waals surface area contributed by atoms with Crippen molar-refractivity contribution in [3.05, 3.63) is 27.7 Å². The van der Waals surface area contributed by atoms with Gasteiger partial charge in [-0.15, -0.1) is 0 Å². The summed E-state index contributed by atoms with van der Waals surface area (Å²) in [7, 11) is 0. The van der Waals surface area contributed by atoms with Crippen LogP contribution in [-0.2, 0) is 4.79 Å². The van der Waals surface area contributed by atoms with Gasteiger partial charge in [-0.05, 0) is 39.5 Å². The van der Waals surface area contributed by atoms with Crippen molar-refractivity contribution in [3.63, 3.8) is 0 Å². The third kappa shape index (κ3) is 4.68. The van der Waals surface area contributed by atoms with E-state index in [9.17, 15) is 9.59 Å². The normalized spacial score (nSPS) is 12.7. The van der Waals surface area contributed by atoms with Crippen molar-refractivity contribution in [3.8, 4) is 0 Å². The Balaban J connectivity index is 2.76. The maximum absolute atomic E-state index is 11.8. The first-order valence-electron chi connectivity index (χ1n) is 5.86. The fourth-order valence-corrected chi connectivity index (χ4v) is 1.95. The summed E-state index contributed by atoms with van der Waals surface area (Å²) < 4.78 is 0.711. The smallest absolute Gasteiger partial charge is 0.326 e. The molecule has 0 aliphatic carbocycles. The van der Waals surface area contributed by atoms with Crippen LogP contribution < -0.4 is 10.6 Å². The Bertz CT molecular complexity index is 529. The maximum atomic E-state index is 11.8. The Hall–Kier alpha value is -1.27. The number of amides is 2. The van der Waals surface area contributed by atoms with Gasteiger partial charge in [0, 0.05) is 10.2 Å². The van der Waals surface area contributed by atoms with Gasteiger partial charge in [-0.1, -0.05) is 32.4 Å². The highest BCUT2D eigenvalue weighted by atomic mass is 79.9. The lowest BCUT2D eigenvalue weighted by atomic mass is 9.87. The number of carbonyl (C=O) groups excluding carboxylic acids is 1. The molecule has 0 fully saturated rings. The molecule has 0 saturated heterocycles. The molecular weight excluding hydrogens is 348 g/mol. The van der Waals surface area contributed by atoms with E-state index in [-0.39, 0.29) is 0 Å². The molecule has 2 amide bonds. The molecule has 0 heterocycles. The zero-order valence-electron chi connectivity index (χ0n) is 11.3. The maximum Gasteiger partial charge on any atom is 0.326 e. The van der Waals surface area contributed by atoms with Gasteiger partial charge in [0.25, 0.3) is 0 Å². The quantitative estimate of drug-likeness (QED) is 0.766. The zero-order valence-corrected chi connectivity index (χ0v) is 13.7. The van der Waals surface area contributed by atoms with Crippen molar-refractivity contribution < 1.29 is 14.7 Å². The molecule has 0 spiro atoms. The minimum absolute atomic E-state index is 0.452. The number of anilines is 1. The van der Waals surface area contributed by atoms with Gasteiger partial charge in [0.1, 0.15) is 6.04 Å². The molecule has 0 saturated carbocycles. The molecule has 1 aromatic carbocycles. The number of carbonyl (C=O) groups is 2. The minimum atomic E-state index is -1.08. The molecule has 0 aromatic heterocycles. The Labute approximate surface area is 130 Å². The molecule has 3 N–H and O–H groups in total. The number of halogens is 2. The number of hydrogen-bond donors (Lipinski definition) is 3. The molecule has 1 atom stereocenters. The van der Waals surface area contributed by atoms with E-state index in [1.807, 2.05) is 0 Å². The van der Waals surface area contributed by atoms with Crippen molar-refractivity contribution in [2.45, 2.75) is 26.8 Å². The summed E-state index contributed by atoms with van der Waals surface area (Å²) in [6.07, 6.45) is 0. The summed E-state index contributed by atoms with van der Waals surface area (Å²) in [5.41, 5.74) is -0.116. The lowest BCUT2D eigenvalue weighted by molar-refractivity contribution is -0.141. The van der Waals surface area contributed by atoms with E-state index in [0.717, 1.165) is 0 Å². The van der Waals surface area contributed by atoms with Crippen molar-refractivity contribution in [1.29, 1.82) is 0 Å². The number of rotatable bonds is 3. The lowest BCUT2D eigenvalue weighted by Crippen LogP contribution is -2.50. The Morgan fingerprint density at radius 3 is 2.40 bits per heavy atom. The average molecular weight is 364 g/mol. The topological polar surface area (TPSA) is 78.4 Å². The average Bonchev–Trinajstić information content (AvgIpc) is 2.29. The highest BCUT2D eigenvalue weighted by Crippen LogP contribution is 2.25. The van der Waals surface area contributed by atoms with Gasteiger partial charge in [-0.25, -0.2) is 9.59 Å². The first kappa shape index (κ1) is 16.8. The van der Waals surface area contributed by atoms with E-state index in [2.05, 4.69) is 26.6 Å². The van der Waals surface area contributed by atoms with Gasteiger partial charge in [0.05, 0.1) is 5.02 Å². The molecule has 0 radical (unpaired) electrons. The standard InChI is InChI=1S/C13H16BrClN2O3/c1-13(2,3)10(11(18)19)17-12(20)16-7-4-5-8(14)9(15)6-7/h4-6,10H,1-3H3,(H,18,19)(H2,16,17,20). The van der Waals surface area contributed by atoms with Crippen LogP contribution >= 0.6 is 27.5 Å². The van der Waals surface area contributed by atoms with E-state index in [1.54, 1.807) is 39.0 Å². The van der Waals surface area contributed by atoms with Crippen LogP contribution in [0.15, 0.2) is 22.7 Å². The minimum Gasteiger partial charge on any atom is -0.480 e. The molecule has 1 rings (SSSR count). The van der Waals surface area contributed by atoms with Gasteiger partial charge in [0.2, 0.25) is 0 Å². The van der Waals surface area contributed by atoms with Crippen molar-refractivity contribution >= 4 is 45.2 Å². The number of hydrogen-bond acceptors (Lipinski definition) is 2. The van der Waals surface area contributed by atoms with Gasteiger partial charge in [0.15, 0.2) is 0 Å². The second kappa shape index (κ2) is 6.45. The van der Waals surface area contributed by atoms with Crippen LogP contribution in [0.5, 0.6) is 0 Å². The predicted octanol–water partition coefficient (Wildman–Crippen LogP) is 3.72. The van der Waals surface area contributed by atoms with E-state index in [4.69, 9.17) is 16.7 Å². The number of aliphatic carboxylic acids is 1. The first-order valence-corrected chi connectivity index (χ1v) is 7.03. The summed E-state index contributed by atoms with van der Waals surface area (Å²) >= 11 is 9.16. The number of urea groups is 1. The van der Waals surface area contributed by atoms with Crippen LogP contribution in [0.3, 0.4) is 0 Å². The number of carboxylic acids is 1. The molecule has 1 unspecified atom stereocenters. The fraction of sp³-hybridized carbons (Fsp3) is 0.385. The zero-order chi connectivity index (χ0) is 15.5. The van der Waals surface area contributed by atoms with Crippen LogP contribution in [0.2, 0.25) is 5.02 Å². The van der Waals surface area contributed by atoms with Crippen LogP contribution in [0, 0.1) is 5.41 Å². The molecule has 110 valence electrons. The van der Waals surface area contributed by atoms with Crippen LogP contribution in [0.25, 0.3) is 0 Å². The summed E-state index contributed by atoms with van der Waals surface area (Å²) in [5, 5.41) is 14.6. The lowest BCUT2D eigenvalue weighted by Gasteiger charge is -2.27. The van der Waals surface area contributed by atoms with E-state index in [1.165, 1.54) is 0 Å². The molecule has 1 aromatic rings.